The van der Waals surface area contributed by atoms with Crippen molar-refractivity contribution in [1.82, 2.24) is 16.0 Å². The van der Waals surface area contributed by atoms with E-state index in [2.05, 4.69) is 16.0 Å². The van der Waals surface area contributed by atoms with Gasteiger partial charge in [-0.05, 0) is 19.1 Å². The Morgan fingerprint density at radius 2 is 2.11 bits per heavy atom. The van der Waals surface area contributed by atoms with Gasteiger partial charge in [0.2, 0.25) is 11.8 Å². The smallest absolute Gasteiger partial charge is 0.237 e. The Bertz CT molecular complexity index is 376. The predicted molar refractivity (Wildman–Crippen MR) is 66.7 cm³/mol. The SMILES string of the molecule is CC(=O)NCCNC(C)C(=O)NCc1ccco1. The van der Waals surface area contributed by atoms with Crippen LogP contribution in [0.2, 0.25) is 0 Å². The van der Waals surface area contributed by atoms with E-state index in [4.69, 9.17) is 4.42 Å². The molecule has 1 aromatic rings. The average Bonchev–Trinajstić information content (AvgIpc) is 2.84. The van der Waals surface area contributed by atoms with Gasteiger partial charge in [0.25, 0.3) is 0 Å². The molecule has 0 aliphatic rings. The topological polar surface area (TPSA) is 83.4 Å². The molecule has 0 radical (unpaired) electrons. The maximum absolute atomic E-state index is 11.7. The zero-order valence-corrected chi connectivity index (χ0v) is 10.7. The van der Waals surface area contributed by atoms with Gasteiger partial charge in [-0.3, -0.25) is 9.59 Å². The molecule has 3 N–H and O–H groups in total. The average molecular weight is 253 g/mol. The van der Waals surface area contributed by atoms with Crippen LogP contribution in [0, 0.1) is 0 Å². The van der Waals surface area contributed by atoms with Crippen molar-refractivity contribution in [2.75, 3.05) is 13.1 Å². The van der Waals surface area contributed by atoms with Crippen LogP contribution < -0.4 is 16.0 Å². The Balaban J connectivity index is 2.14. The van der Waals surface area contributed by atoms with Crippen LogP contribution >= 0.6 is 0 Å². The van der Waals surface area contributed by atoms with Gasteiger partial charge >= 0.3 is 0 Å². The van der Waals surface area contributed by atoms with Gasteiger partial charge in [0.15, 0.2) is 0 Å². The summed E-state index contributed by atoms with van der Waals surface area (Å²) in [5.74, 6) is 0.537. The van der Waals surface area contributed by atoms with E-state index in [1.165, 1.54) is 6.92 Å². The van der Waals surface area contributed by atoms with Crippen LogP contribution in [0.15, 0.2) is 22.8 Å². The maximum Gasteiger partial charge on any atom is 0.237 e. The van der Waals surface area contributed by atoms with Gasteiger partial charge in [-0.2, -0.15) is 0 Å². The summed E-state index contributed by atoms with van der Waals surface area (Å²) in [4.78, 5) is 22.3. The van der Waals surface area contributed by atoms with E-state index in [-0.39, 0.29) is 17.9 Å². The molecule has 100 valence electrons. The van der Waals surface area contributed by atoms with E-state index in [1.807, 2.05) is 0 Å². The number of nitrogens with one attached hydrogen (secondary N) is 3. The van der Waals surface area contributed by atoms with Crippen molar-refractivity contribution in [2.45, 2.75) is 26.4 Å². The van der Waals surface area contributed by atoms with Crippen LogP contribution in [-0.4, -0.2) is 30.9 Å². The van der Waals surface area contributed by atoms with Gasteiger partial charge in [-0.1, -0.05) is 0 Å². The summed E-state index contributed by atoms with van der Waals surface area (Å²) >= 11 is 0. The van der Waals surface area contributed by atoms with Crippen molar-refractivity contribution in [3.8, 4) is 0 Å². The van der Waals surface area contributed by atoms with Crippen LogP contribution in [0.3, 0.4) is 0 Å². The fourth-order valence-corrected chi connectivity index (χ4v) is 1.36. The van der Waals surface area contributed by atoms with Crippen molar-refractivity contribution in [3.05, 3.63) is 24.2 Å². The first kappa shape index (κ1) is 14.2. The molecule has 1 aromatic heterocycles. The zero-order valence-electron chi connectivity index (χ0n) is 10.7. The van der Waals surface area contributed by atoms with Crippen LogP contribution in [0.5, 0.6) is 0 Å². The second-order valence-electron chi connectivity index (χ2n) is 3.96. The molecule has 1 unspecified atom stereocenters. The number of carbonyl (C=O) groups excluding carboxylic acids is 2. The second-order valence-corrected chi connectivity index (χ2v) is 3.96. The quantitative estimate of drug-likeness (QED) is 0.598. The Kier molecular flexibility index (Phi) is 5.93. The van der Waals surface area contributed by atoms with Crippen LogP contribution in [0.1, 0.15) is 19.6 Å². The van der Waals surface area contributed by atoms with E-state index in [0.717, 1.165) is 0 Å². The van der Waals surface area contributed by atoms with E-state index in [1.54, 1.807) is 25.3 Å². The molecule has 0 bridgehead atoms. The lowest BCUT2D eigenvalue weighted by Crippen LogP contribution is -2.44. The number of carbonyl (C=O) groups is 2. The van der Waals surface area contributed by atoms with Crippen molar-refractivity contribution >= 4 is 11.8 Å². The third-order valence-corrected chi connectivity index (χ3v) is 2.36. The number of rotatable bonds is 7. The highest BCUT2D eigenvalue weighted by Crippen LogP contribution is 1.98. The lowest BCUT2D eigenvalue weighted by molar-refractivity contribution is -0.123. The third-order valence-electron chi connectivity index (χ3n) is 2.36. The minimum absolute atomic E-state index is 0.0771. The molecule has 1 atom stereocenters. The fourth-order valence-electron chi connectivity index (χ4n) is 1.36. The van der Waals surface area contributed by atoms with Crippen LogP contribution in [-0.2, 0) is 16.1 Å². The highest BCUT2D eigenvalue weighted by atomic mass is 16.3. The molecule has 2 amide bonds. The Labute approximate surface area is 106 Å². The van der Waals surface area contributed by atoms with Gasteiger partial charge in [0.1, 0.15) is 5.76 Å². The number of amides is 2. The lowest BCUT2D eigenvalue weighted by atomic mass is 10.3. The molecule has 1 rings (SSSR count). The summed E-state index contributed by atoms with van der Waals surface area (Å²) in [6.45, 7) is 4.66. The van der Waals surface area contributed by atoms with Crippen LogP contribution in [0.25, 0.3) is 0 Å². The summed E-state index contributed by atoms with van der Waals surface area (Å²) < 4.78 is 5.11. The van der Waals surface area contributed by atoms with E-state index in [9.17, 15) is 9.59 Å². The molecular formula is C12H19N3O3. The molecular weight excluding hydrogens is 234 g/mol. The largest absolute Gasteiger partial charge is 0.467 e. The van der Waals surface area contributed by atoms with E-state index < -0.39 is 0 Å². The molecule has 0 spiro atoms. The molecule has 0 aliphatic carbocycles. The summed E-state index contributed by atoms with van der Waals surface area (Å²) in [7, 11) is 0. The number of furan rings is 1. The molecule has 0 fully saturated rings. The monoisotopic (exact) mass is 253 g/mol. The zero-order chi connectivity index (χ0) is 13.4. The first-order valence-corrected chi connectivity index (χ1v) is 5.87. The van der Waals surface area contributed by atoms with Gasteiger partial charge in [0, 0.05) is 20.0 Å². The van der Waals surface area contributed by atoms with Crippen molar-refractivity contribution < 1.29 is 14.0 Å². The Morgan fingerprint density at radius 1 is 1.33 bits per heavy atom. The molecule has 18 heavy (non-hydrogen) atoms. The molecule has 1 heterocycles. The number of hydrogen-bond donors (Lipinski definition) is 3. The van der Waals surface area contributed by atoms with E-state index >= 15 is 0 Å². The lowest BCUT2D eigenvalue weighted by Gasteiger charge is -2.13. The summed E-state index contributed by atoms with van der Waals surface area (Å²) in [5.41, 5.74) is 0. The Morgan fingerprint density at radius 3 is 2.72 bits per heavy atom. The normalized spacial score (nSPS) is 11.9. The molecule has 0 saturated carbocycles. The highest BCUT2D eigenvalue weighted by Gasteiger charge is 2.11. The van der Waals surface area contributed by atoms with Crippen LogP contribution in [0.4, 0.5) is 0 Å². The minimum atomic E-state index is -0.311. The third kappa shape index (κ3) is 5.49. The van der Waals surface area contributed by atoms with E-state index in [0.29, 0.717) is 25.4 Å². The van der Waals surface area contributed by atoms with Crippen molar-refractivity contribution in [2.24, 2.45) is 0 Å². The van der Waals surface area contributed by atoms with Gasteiger partial charge in [-0.25, -0.2) is 0 Å². The fraction of sp³-hybridized carbons (Fsp3) is 0.500. The highest BCUT2D eigenvalue weighted by molar-refractivity contribution is 5.81. The van der Waals surface area contributed by atoms with Crippen molar-refractivity contribution in [1.29, 1.82) is 0 Å². The first-order valence-electron chi connectivity index (χ1n) is 5.87. The van der Waals surface area contributed by atoms with Gasteiger partial charge in [-0.15, -0.1) is 0 Å². The second kappa shape index (κ2) is 7.50. The molecule has 0 aromatic carbocycles. The van der Waals surface area contributed by atoms with Crippen molar-refractivity contribution in [3.63, 3.8) is 0 Å². The summed E-state index contributed by atoms with van der Waals surface area (Å²) in [6, 6.07) is 3.26. The standard InChI is InChI=1S/C12H19N3O3/c1-9(13-5-6-14-10(2)16)12(17)15-8-11-4-3-7-18-11/h3-4,7,9,13H,5-6,8H2,1-2H3,(H,14,16)(H,15,17). The maximum atomic E-state index is 11.7. The summed E-state index contributed by atoms with van der Waals surface area (Å²) in [6.07, 6.45) is 1.57. The molecule has 0 saturated heterocycles. The molecule has 6 nitrogen and oxygen atoms in total. The van der Waals surface area contributed by atoms with Gasteiger partial charge in [0.05, 0.1) is 18.8 Å². The minimum Gasteiger partial charge on any atom is -0.467 e. The predicted octanol–water partition coefficient (Wildman–Crippen LogP) is 0.0100. The van der Waals surface area contributed by atoms with Gasteiger partial charge < -0.3 is 20.4 Å². The summed E-state index contributed by atoms with van der Waals surface area (Å²) in [5, 5.41) is 8.41. The first-order chi connectivity index (χ1) is 8.59. The molecule has 6 heteroatoms. The molecule has 0 aliphatic heterocycles. The number of hydrogen-bond acceptors (Lipinski definition) is 4. The Hall–Kier alpha value is -1.82.